The molecule has 1 saturated heterocycles. The molecule has 4 heteroatoms. The summed E-state index contributed by atoms with van der Waals surface area (Å²) in [6.07, 6.45) is 8.55. The molecule has 0 radical (unpaired) electrons. The lowest BCUT2D eigenvalue weighted by molar-refractivity contribution is -0.0246. The van der Waals surface area contributed by atoms with Crippen molar-refractivity contribution in [2.75, 3.05) is 6.61 Å². The van der Waals surface area contributed by atoms with Gasteiger partial charge in [-0.15, -0.1) is 0 Å². The summed E-state index contributed by atoms with van der Waals surface area (Å²) in [6, 6.07) is 3.53. The van der Waals surface area contributed by atoms with E-state index in [1.54, 1.807) is 12.1 Å². The van der Waals surface area contributed by atoms with E-state index in [1.807, 2.05) is 0 Å². The van der Waals surface area contributed by atoms with E-state index in [1.165, 1.54) is 25.5 Å². The minimum Gasteiger partial charge on any atom is -0.459 e. The van der Waals surface area contributed by atoms with E-state index in [-0.39, 0.29) is 17.6 Å². The van der Waals surface area contributed by atoms with Gasteiger partial charge in [-0.25, -0.2) is 0 Å². The maximum Gasteiger partial charge on any atom is 0.287 e. The number of furan rings is 1. The smallest absolute Gasteiger partial charge is 0.287 e. The fraction of sp³-hybridized carbons (Fsp3) is 0.643. The van der Waals surface area contributed by atoms with E-state index in [9.17, 15) is 4.79 Å². The van der Waals surface area contributed by atoms with Crippen LogP contribution in [0.5, 0.6) is 0 Å². The molecule has 3 rings (SSSR count). The van der Waals surface area contributed by atoms with Crippen molar-refractivity contribution in [2.45, 2.75) is 50.2 Å². The highest BCUT2D eigenvalue weighted by molar-refractivity contribution is 5.91. The van der Waals surface area contributed by atoms with Crippen molar-refractivity contribution >= 4 is 5.91 Å². The minimum atomic E-state index is -0.138. The van der Waals surface area contributed by atoms with Gasteiger partial charge in [-0.05, 0) is 31.4 Å². The van der Waals surface area contributed by atoms with E-state index < -0.39 is 0 Å². The lowest BCUT2D eigenvalue weighted by atomic mass is 9.82. The lowest BCUT2D eigenvalue weighted by Crippen LogP contribution is -2.37. The molecule has 1 aliphatic carbocycles. The summed E-state index contributed by atoms with van der Waals surface area (Å²) in [7, 11) is 0. The van der Waals surface area contributed by atoms with E-state index in [4.69, 9.17) is 9.15 Å². The zero-order chi connectivity index (χ0) is 12.4. The molecule has 1 saturated carbocycles. The number of nitrogens with one attached hydrogen (secondary N) is 1. The highest BCUT2D eigenvalue weighted by atomic mass is 16.5. The quantitative estimate of drug-likeness (QED) is 0.876. The van der Waals surface area contributed by atoms with Gasteiger partial charge in [0.2, 0.25) is 0 Å². The van der Waals surface area contributed by atoms with Crippen molar-refractivity contribution in [3.8, 4) is 0 Å². The molecule has 1 N–H and O–H groups in total. The van der Waals surface area contributed by atoms with Crippen molar-refractivity contribution in [1.82, 2.24) is 5.32 Å². The van der Waals surface area contributed by atoms with Crippen LogP contribution in [-0.2, 0) is 4.74 Å². The van der Waals surface area contributed by atoms with Crippen LogP contribution in [0.2, 0.25) is 0 Å². The fourth-order valence-corrected chi connectivity index (χ4v) is 3.15. The van der Waals surface area contributed by atoms with E-state index in [0.717, 1.165) is 19.3 Å². The maximum atomic E-state index is 11.9. The molecule has 0 aromatic carbocycles. The van der Waals surface area contributed by atoms with Crippen LogP contribution in [0.3, 0.4) is 0 Å². The Labute approximate surface area is 107 Å². The van der Waals surface area contributed by atoms with Crippen molar-refractivity contribution in [2.24, 2.45) is 0 Å². The minimum absolute atomic E-state index is 0.0410. The summed E-state index contributed by atoms with van der Waals surface area (Å²) in [5.41, 5.74) is 0.0410. The molecule has 1 spiro atoms. The zero-order valence-corrected chi connectivity index (χ0v) is 10.5. The molecule has 1 atom stereocenters. The molecule has 4 nitrogen and oxygen atoms in total. The van der Waals surface area contributed by atoms with Gasteiger partial charge in [0.25, 0.3) is 5.91 Å². The highest BCUT2D eigenvalue weighted by Gasteiger charge is 2.41. The van der Waals surface area contributed by atoms with Gasteiger partial charge < -0.3 is 14.5 Å². The summed E-state index contributed by atoms with van der Waals surface area (Å²) in [5.74, 6) is 0.237. The number of hydrogen-bond acceptors (Lipinski definition) is 3. The van der Waals surface area contributed by atoms with Gasteiger partial charge in [0.05, 0.1) is 24.5 Å². The van der Waals surface area contributed by atoms with Crippen LogP contribution in [0.15, 0.2) is 22.8 Å². The Morgan fingerprint density at radius 2 is 2.17 bits per heavy atom. The number of rotatable bonds is 2. The topological polar surface area (TPSA) is 51.5 Å². The Kier molecular flexibility index (Phi) is 3.12. The molecule has 1 aliphatic heterocycles. The van der Waals surface area contributed by atoms with Crippen LogP contribution in [0, 0.1) is 0 Å². The first-order valence-corrected chi connectivity index (χ1v) is 6.76. The number of hydrogen-bond donors (Lipinski definition) is 1. The molecule has 1 aromatic heterocycles. The summed E-state index contributed by atoms with van der Waals surface area (Å²) in [4.78, 5) is 11.9. The van der Waals surface area contributed by atoms with Gasteiger partial charge in [0, 0.05) is 0 Å². The van der Waals surface area contributed by atoms with Gasteiger partial charge in [-0.2, -0.15) is 0 Å². The first kappa shape index (κ1) is 11.8. The molecular weight excluding hydrogens is 230 g/mol. The first-order chi connectivity index (χ1) is 8.77. The van der Waals surface area contributed by atoms with E-state index >= 15 is 0 Å². The fourth-order valence-electron chi connectivity index (χ4n) is 3.15. The molecule has 1 amide bonds. The Morgan fingerprint density at radius 3 is 2.89 bits per heavy atom. The highest BCUT2D eigenvalue weighted by Crippen LogP contribution is 2.39. The van der Waals surface area contributed by atoms with Crippen molar-refractivity contribution in [3.63, 3.8) is 0 Å². The number of carbonyl (C=O) groups excluding carboxylic acids is 1. The molecule has 98 valence electrons. The molecule has 2 heterocycles. The van der Waals surface area contributed by atoms with Gasteiger partial charge in [0.1, 0.15) is 0 Å². The monoisotopic (exact) mass is 249 g/mol. The van der Waals surface area contributed by atoms with Crippen LogP contribution in [0.4, 0.5) is 0 Å². The summed E-state index contributed by atoms with van der Waals surface area (Å²) in [6.45, 7) is 0.631. The van der Waals surface area contributed by atoms with Gasteiger partial charge >= 0.3 is 0 Å². The summed E-state index contributed by atoms with van der Waals surface area (Å²) < 4.78 is 11.1. The predicted molar refractivity (Wildman–Crippen MR) is 66.3 cm³/mol. The van der Waals surface area contributed by atoms with Crippen LogP contribution in [0.1, 0.15) is 49.1 Å². The van der Waals surface area contributed by atoms with E-state index in [2.05, 4.69) is 5.32 Å². The van der Waals surface area contributed by atoms with Gasteiger partial charge in [-0.3, -0.25) is 4.79 Å². The Morgan fingerprint density at radius 1 is 1.33 bits per heavy atom. The average Bonchev–Trinajstić information content (AvgIpc) is 3.01. The average molecular weight is 249 g/mol. The van der Waals surface area contributed by atoms with Crippen LogP contribution in [0.25, 0.3) is 0 Å². The SMILES string of the molecule is O=C(N[C@H]1COC2(CCCCC2)C1)c1ccco1. The third kappa shape index (κ3) is 2.29. The maximum absolute atomic E-state index is 11.9. The Hall–Kier alpha value is -1.29. The third-order valence-corrected chi connectivity index (χ3v) is 4.05. The summed E-state index contributed by atoms with van der Waals surface area (Å²) >= 11 is 0. The Balaban J connectivity index is 1.57. The van der Waals surface area contributed by atoms with E-state index in [0.29, 0.717) is 12.4 Å². The molecule has 0 bridgehead atoms. The molecule has 0 unspecified atom stereocenters. The van der Waals surface area contributed by atoms with Crippen molar-refractivity contribution < 1.29 is 13.9 Å². The zero-order valence-electron chi connectivity index (χ0n) is 10.5. The predicted octanol–water partition coefficient (Wildman–Crippen LogP) is 2.50. The molecule has 2 aliphatic rings. The lowest BCUT2D eigenvalue weighted by Gasteiger charge is -2.32. The molecular formula is C14H19NO3. The first-order valence-electron chi connectivity index (χ1n) is 6.76. The van der Waals surface area contributed by atoms with Crippen LogP contribution in [-0.4, -0.2) is 24.2 Å². The second-order valence-corrected chi connectivity index (χ2v) is 5.41. The van der Waals surface area contributed by atoms with Gasteiger partial charge in [0.15, 0.2) is 5.76 Å². The molecule has 2 fully saturated rings. The largest absolute Gasteiger partial charge is 0.459 e. The third-order valence-electron chi connectivity index (χ3n) is 4.05. The van der Waals surface area contributed by atoms with Crippen molar-refractivity contribution in [1.29, 1.82) is 0 Å². The second-order valence-electron chi connectivity index (χ2n) is 5.41. The number of ether oxygens (including phenoxy) is 1. The number of amides is 1. The normalized spacial score (nSPS) is 26.3. The van der Waals surface area contributed by atoms with Crippen molar-refractivity contribution in [3.05, 3.63) is 24.2 Å². The molecule has 18 heavy (non-hydrogen) atoms. The van der Waals surface area contributed by atoms with Gasteiger partial charge in [-0.1, -0.05) is 19.3 Å². The standard InChI is InChI=1S/C14H19NO3/c16-13(12-5-4-8-17-12)15-11-9-14(18-10-11)6-2-1-3-7-14/h4-5,8,11H,1-3,6-7,9-10H2,(H,15,16)/t11-/m1/s1. The number of carbonyl (C=O) groups is 1. The van der Waals surface area contributed by atoms with Crippen LogP contribution >= 0.6 is 0 Å². The Bertz CT molecular complexity index is 407. The second kappa shape index (κ2) is 4.76. The van der Waals surface area contributed by atoms with Crippen LogP contribution < -0.4 is 5.32 Å². The molecule has 1 aromatic rings. The summed E-state index contributed by atoms with van der Waals surface area (Å²) in [5, 5.41) is 3.00.